The minimum atomic E-state index is -3.22. The zero-order valence-electron chi connectivity index (χ0n) is 16.5. The highest BCUT2D eigenvalue weighted by atomic mass is 32.2. The first-order chi connectivity index (χ1) is 14.4. The average Bonchev–Trinajstić information content (AvgIpc) is 2.76. The van der Waals surface area contributed by atoms with Gasteiger partial charge in [0.05, 0.1) is 4.90 Å². The van der Waals surface area contributed by atoms with E-state index in [4.69, 9.17) is 4.74 Å². The molecule has 0 saturated heterocycles. The molecule has 3 rings (SSSR count). The highest BCUT2D eigenvalue weighted by molar-refractivity contribution is 7.90. The maximum absolute atomic E-state index is 12.0. The van der Waals surface area contributed by atoms with E-state index < -0.39 is 9.84 Å². The van der Waals surface area contributed by atoms with Crippen LogP contribution in [-0.4, -0.2) is 25.6 Å². The predicted molar refractivity (Wildman–Crippen MR) is 115 cm³/mol. The maximum Gasteiger partial charge on any atom is 0.244 e. The number of carbonyl (C=O) groups excluding carboxylic acids is 1. The largest absolute Gasteiger partial charge is 0.489 e. The molecule has 2 aromatic carbocycles. The molecule has 0 spiro atoms. The number of pyridine rings is 1. The molecule has 0 atom stereocenters. The number of hydrogen-bond donors (Lipinski definition) is 1. The summed E-state index contributed by atoms with van der Waals surface area (Å²) in [6.07, 6.45) is 7.81. The van der Waals surface area contributed by atoms with E-state index >= 15 is 0 Å². The molecule has 0 fully saturated rings. The first-order valence-corrected chi connectivity index (χ1v) is 11.2. The number of sulfone groups is 1. The standard InChI is InChI=1S/C23H22N2O4S/c1-30(27,28)22-11-6-19(7-12-22)16-25-23(26)13-8-18-4-9-21(10-5-18)29-17-20-3-2-14-24-15-20/h2-15H,16-17H2,1H3,(H,25,26). The molecule has 0 radical (unpaired) electrons. The molecule has 0 saturated carbocycles. The van der Waals surface area contributed by atoms with Crippen molar-refractivity contribution in [2.75, 3.05) is 6.26 Å². The van der Waals surface area contributed by atoms with E-state index in [1.807, 2.05) is 36.4 Å². The summed E-state index contributed by atoms with van der Waals surface area (Å²) < 4.78 is 28.6. The smallest absolute Gasteiger partial charge is 0.244 e. The van der Waals surface area contributed by atoms with Gasteiger partial charge < -0.3 is 10.1 Å². The van der Waals surface area contributed by atoms with E-state index in [0.717, 1.165) is 28.7 Å². The Balaban J connectivity index is 1.47. The number of nitrogens with zero attached hydrogens (tertiary/aromatic N) is 1. The summed E-state index contributed by atoms with van der Waals surface area (Å²) in [6, 6.07) is 17.7. The highest BCUT2D eigenvalue weighted by Crippen LogP contribution is 2.15. The van der Waals surface area contributed by atoms with Gasteiger partial charge in [-0.1, -0.05) is 30.3 Å². The van der Waals surface area contributed by atoms with Crippen LogP contribution in [0.4, 0.5) is 0 Å². The third-order valence-corrected chi connectivity index (χ3v) is 5.38. The number of carbonyl (C=O) groups is 1. The van der Waals surface area contributed by atoms with Gasteiger partial charge in [-0.05, 0) is 47.5 Å². The fourth-order valence-electron chi connectivity index (χ4n) is 2.60. The van der Waals surface area contributed by atoms with Gasteiger partial charge in [0.25, 0.3) is 0 Å². The quantitative estimate of drug-likeness (QED) is 0.563. The Bertz CT molecular complexity index is 1110. The van der Waals surface area contributed by atoms with Gasteiger partial charge in [-0.15, -0.1) is 0 Å². The number of benzene rings is 2. The Morgan fingerprint density at radius 1 is 1.03 bits per heavy atom. The molecule has 0 aliphatic heterocycles. The van der Waals surface area contributed by atoms with Gasteiger partial charge in [0.2, 0.25) is 5.91 Å². The second kappa shape index (κ2) is 9.84. The van der Waals surface area contributed by atoms with Crippen LogP contribution in [0.3, 0.4) is 0 Å². The molecule has 1 aromatic heterocycles. The number of amides is 1. The minimum absolute atomic E-state index is 0.237. The number of hydrogen-bond acceptors (Lipinski definition) is 5. The van der Waals surface area contributed by atoms with Crippen LogP contribution in [0, 0.1) is 0 Å². The van der Waals surface area contributed by atoms with Crippen molar-refractivity contribution in [1.82, 2.24) is 10.3 Å². The summed E-state index contributed by atoms with van der Waals surface area (Å²) in [7, 11) is -3.22. The Kier molecular flexibility index (Phi) is 6.98. The topological polar surface area (TPSA) is 85.4 Å². The fourth-order valence-corrected chi connectivity index (χ4v) is 3.23. The van der Waals surface area contributed by atoms with E-state index in [1.165, 1.54) is 18.2 Å². The molecule has 0 aliphatic carbocycles. The number of aromatic nitrogens is 1. The van der Waals surface area contributed by atoms with Gasteiger partial charge in [0.15, 0.2) is 9.84 Å². The first kappa shape index (κ1) is 21.3. The molecule has 1 heterocycles. The summed E-state index contributed by atoms with van der Waals surface area (Å²) in [4.78, 5) is 16.3. The molecule has 6 nitrogen and oxygen atoms in total. The first-order valence-electron chi connectivity index (χ1n) is 9.27. The second-order valence-electron chi connectivity index (χ2n) is 6.69. The Morgan fingerprint density at radius 3 is 2.40 bits per heavy atom. The van der Waals surface area contributed by atoms with Gasteiger partial charge in [-0.25, -0.2) is 8.42 Å². The van der Waals surface area contributed by atoms with E-state index in [2.05, 4.69) is 10.3 Å². The molecule has 0 unspecified atom stereocenters. The lowest BCUT2D eigenvalue weighted by Crippen LogP contribution is -2.20. The second-order valence-corrected chi connectivity index (χ2v) is 8.70. The van der Waals surface area contributed by atoms with Crippen LogP contribution in [0.25, 0.3) is 6.08 Å². The summed E-state index contributed by atoms with van der Waals surface area (Å²) in [5.74, 6) is 0.497. The van der Waals surface area contributed by atoms with Crippen LogP contribution >= 0.6 is 0 Å². The van der Waals surface area contributed by atoms with Crippen molar-refractivity contribution >= 4 is 21.8 Å². The Morgan fingerprint density at radius 2 is 1.77 bits per heavy atom. The van der Waals surface area contributed by atoms with Gasteiger partial charge in [-0.2, -0.15) is 0 Å². The number of ether oxygens (including phenoxy) is 1. The molecule has 30 heavy (non-hydrogen) atoms. The van der Waals surface area contributed by atoms with Crippen LogP contribution in [0.15, 0.2) is 84.0 Å². The number of rotatable bonds is 8. The van der Waals surface area contributed by atoms with Crippen LogP contribution in [0.2, 0.25) is 0 Å². The lowest BCUT2D eigenvalue weighted by molar-refractivity contribution is -0.116. The Labute approximate surface area is 176 Å². The van der Waals surface area contributed by atoms with Crippen LogP contribution in [-0.2, 0) is 27.8 Å². The van der Waals surface area contributed by atoms with Crippen molar-refractivity contribution in [3.63, 3.8) is 0 Å². The van der Waals surface area contributed by atoms with Gasteiger partial charge in [0, 0.05) is 36.8 Å². The zero-order valence-corrected chi connectivity index (χ0v) is 17.3. The molecule has 3 aromatic rings. The van der Waals surface area contributed by atoms with Gasteiger partial charge in [-0.3, -0.25) is 9.78 Å². The normalized spacial score (nSPS) is 11.4. The van der Waals surface area contributed by atoms with Crippen molar-refractivity contribution in [2.45, 2.75) is 18.0 Å². The van der Waals surface area contributed by atoms with E-state index in [1.54, 1.807) is 30.6 Å². The lowest BCUT2D eigenvalue weighted by Gasteiger charge is -2.06. The molecule has 154 valence electrons. The molecular weight excluding hydrogens is 400 g/mol. The third-order valence-electron chi connectivity index (χ3n) is 4.25. The molecule has 0 aliphatic rings. The van der Waals surface area contributed by atoms with Crippen molar-refractivity contribution in [1.29, 1.82) is 0 Å². The maximum atomic E-state index is 12.0. The summed E-state index contributed by atoms with van der Waals surface area (Å²) in [6.45, 7) is 0.755. The van der Waals surface area contributed by atoms with Crippen LogP contribution in [0.1, 0.15) is 16.7 Å². The van der Waals surface area contributed by atoms with Crippen molar-refractivity contribution in [3.8, 4) is 5.75 Å². The van der Waals surface area contributed by atoms with Crippen molar-refractivity contribution < 1.29 is 17.9 Å². The van der Waals surface area contributed by atoms with E-state index in [9.17, 15) is 13.2 Å². The van der Waals surface area contributed by atoms with Crippen molar-refractivity contribution in [3.05, 3.63) is 95.8 Å². The summed E-state index contributed by atoms with van der Waals surface area (Å²) >= 11 is 0. The molecule has 1 amide bonds. The SMILES string of the molecule is CS(=O)(=O)c1ccc(CNC(=O)C=Cc2ccc(OCc3cccnc3)cc2)cc1. The fraction of sp³-hybridized carbons (Fsp3) is 0.130. The average molecular weight is 423 g/mol. The molecule has 1 N–H and O–H groups in total. The zero-order chi connectivity index (χ0) is 21.4. The number of nitrogens with one attached hydrogen (secondary N) is 1. The predicted octanol–water partition coefficient (Wildman–Crippen LogP) is 3.39. The van der Waals surface area contributed by atoms with Crippen LogP contribution in [0.5, 0.6) is 5.75 Å². The third kappa shape index (κ3) is 6.56. The Hall–Kier alpha value is -3.45. The summed E-state index contributed by atoms with van der Waals surface area (Å²) in [5.41, 5.74) is 2.68. The van der Waals surface area contributed by atoms with Gasteiger partial charge in [0.1, 0.15) is 12.4 Å². The highest BCUT2D eigenvalue weighted by Gasteiger charge is 2.06. The molecular formula is C23H22N2O4S. The van der Waals surface area contributed by atoms with E-state index in [0.29, 0.717) is 13.2 Å². The van der Waals surface area contributed by atoms with Crippen LogP contribution < -0.4 is 10.1 Å². The molecule has 7 heteroatoms. The van der Waals surface area contributed by atoms with Crippen molar-refractivity contribution in [2.24, 2.45) is 0 Å². The summed E-state index contributed by atoms with van der Waals surface area (Å²) in [5, 5.41) is 2.77. The minimum Gasteiger partial charge on any atom is -0.489 e. The van der Waals surface area contributed by atoms with Gasteiger partial charge >= 0.3 is 0 Å². The monoisotopic (exact) mass is 422 g/mol. The van der Waals surface area contributed by atoms with E-state index in [-0.39, 0.29) is 10.8 Å². The lowest BCUT2D eigenvalue weighted by atomic mass is 10.2. The molecule has 0 bridgehead atoms.